The molecule has 0 bridgehead atoms. The number of anilines is 1. The normalized spacial score (nSPS) is 18.8. The fraction of sp³-hybridized carbons (Fsp3) is 0.312. The maximum absolute atomic E-state index is 12.9. The third kappa shape index (κ3) is 3.86. The first-order valence-corrected chi connectivity index (χ1v) is 8.97. The summed E-state index contributed by atoms with van der Waals surface area (Å²) in [6, 6.07) is 10.3. The minimum absolute atomic E-state index is 0.0776. The van der Waals surface area contributed by atoms with Crippen LogP contribution in [-0.2, 0) is 10.0 Å². The Balaban J connectivity index is 1.71. The number of piperidine rings is 1. The third-order valence-corrected chi connectivity index (χ3v) is 5.38. The van der Waals surface area contributed by atoms with E-state index in [-0.39, 0.29) is 10.9 Å². The van der Waals surface area contributed by atoms with Crippen molar-refractivity contribution < 1.29 is 12.8 Å². The monoisotopic (exact) mass is 335 g/mol. The minimum Gasteiger partial charge on any atom is -0.355 e. The Morgan fingerprint density at radius 3 is 2.65 bits per heavy atom. The second-order valence-corrected chi connectivity index (χ2v) is 7.26. The number of hydrogen-bond acceptors (Lipinski definition) is 4. The van der Waals surface area contributed by atoms with Crippen molar-refractivity contribution in [2.45, 2.75) is 23.8 Å². The second-order valence-electron chi connectivity index (χ2n) is 5.55. The number of nitrogens with one attached hydrogen (secondary N) is 1. The van der Waals surface area contributed by atoms with Crippen molar-refractivity contribution in [1.29, 1.82) is 0 Å². The SMILES string of the molecule is O=S(=O)(N[C@H]1CCCN(c2ccccn2)C1)c1ccc(F)cc1. The van der Waals surface area contributed by atoms with Gasteiger partial charge in [0, 0.05) is 25.3 Å². The van der Waals surface area contributed by atoms with Crippen LogP contribution in [0.4, 0.5) is 10.2 Å². The predicted octanol–water partition coefficient (Wildman–Crippen LogP) is 2.17. The van der Waals surface area contributed by atoms with E-state index >= 15 is 0 Å². The number of nitrogens with zero attached hydrogens (tertiary/aromatic N) is 2. The molecule has 1 N–H and O–H groups in total. The van der Waals surface area contributed by atoms with E-state index in [0.717, 1.165) is 37.3 Å². The van der Waals surface area contributed by atoms with Crippen molar-refractivity contribution in [2.75, 3.05) is 18.0 Å². The van der Waals surface area contributed by atoms with E-state index in [4.69, 9.17) is 0 Å². The fourth-order valence-corrected chi connectivity index (χ4v) is 3.99. The van der Waals surface area contributed by atoms with Crippen molar-refractivity contribution in [3.63, 3.8) is 0 Å². The highest BCUT2D eigenvalue weighted by Crippen LogP contribution is 2.19. The van der Waals surface area contributed by atoms with Crippen LogP contribution in [0.25, 0.3) is 0 Å². The van der Waals surface area contributed by atoms with Crippen molar-refractivity contribution in [2.24, 2.45) is 0 Å². The van der Waals surface area contributed by atoms with E-state index in [9.17, 15) is 12.8 Å². The zero-order chi connectivity index (χ0) is 16.3. The lowest BCUT2D eigenvalue weighted by atomic mass is 10.1. The van der Waals surface area contributed by atoms with Crippen LogP contribution >= 0.6 is 0 Å². The lowest BCUT2D eigenvalue weighted by Crippen LogP contribution is -2.47. The average Bonchev–Trinajstić information content (AvgIpc) is 2.56. The molecule has 1 saturated heterocycles. The van der Waals surface area contributed by atoms with E-state index in [1.165, 1.54) is 12.1 Å². The Bertz CT molecular complexity index is 751. The molecule has 0 spiro atoms. The number of pyridine rings is 1. The van der Waals surface area contributed by atoms with Gasteiger partial charge in [-0.25, -0.2) is 22.5 Å². The number of aromatic nitrogens is 1. The Kier molecular flexibility index (Phi) is 4.58. The number of hydrogen-bond donors (Lipinski definition) is 1. The summed E-state index contributed by atoms with van der Waals surface area (Å²) in [5, 5.41) is 0. The molecular formula is C16H18FN3O2S. The maximum Gasteiger partial charge on any atom is 0.240 e. The molecule has 2 heterocycles. The lowest BCUT2D eigenvalue weighted by Gasteiger charge is -2.33. The maximum atomic E-state index is 12.9. The van der Waals surface area contributed by atoms with Crippen LogP contribution in [0, 0.1) is 5.82 Å². The van der Waals surface area contributed by atoms with Gasteiger partial charge in [-0.2, -0.15) is 0 Å². The van der Waals surface area contributed by atoms with Gasteiger partial charge in [0.25, 0.3) is 0 Å². The summed E-state index contributed by atoms with van der Waals surface area (Å²) in [7, 11) is -3.65. The zero-order valence-electron chi connectivity index (χ0n) is 12.5. The van der Waals surface area contributed by atoms with Crippen LogP contribution in [0.15, 0.2) is 53.6 Å². The molecule has 122 valence electrons. The molecule has 0 amide bonds. The first-order valence-electron chi connectivity index (χ1n) is 7.48. The molecule has 5 nitrogen and oxygen atoms in total. The molecule has 3 rings (SSSR count). The number of sulfonamides is 1. The van der Waals surface area contributed by atoms with Gasteiger partial charge in [0.15, 0.2) is 0 Å². The van der Waals surface area contributed by atoms with E-state index < -0.39 is 15.8 Å². The van der Waals surface area contributed by atoms with E-state index in [0.29, 0.717) is 6.54 Å². The van der Waals surface area contributed by atoms with Crippen LogP contribution in [0.2, 0.25) is 0 Å². The molecule has 1 aliphatic heterocycles. The number of benzene rings is 1. The summed E-state index contributed by atoms with van der Waals surface area (Å²) >= 11 is 0. The van der Waals surface area contributed by atoms with Crippen LogP contribution in [0.1, 0.15) is 12.8 Å². The van der Waals surface area contributed by atoms with E-state index in [1.807, 2.05) is 18.2 Å². The average molecular weight is 335 g/mol. The van der Waals surface area contributed by atoms with Gasteiger partial charge in [-0.05, 0) is 49.2 Å². The zero-order valence-corrected chi connectivity index (χ0v) is 13.3. The van der Waals surface area contributed by atoms with Gasteiger partial charge in [0.1, 0.15) is 11.6 Å². The topological polar surface area (TPSA) is 62.3 Å². The molecule has 1 fully saturated rings. The highest BCUT2D eigenvalue weighted by atomic mass is 32.2. The van der Waals surface area contributed by atoms with Crippen LogP contribution < -0.4 is 9.62 Å². The van der Waals surface area contributed by atoms with Gasteiger partial charge in [0.05, 0.1) is 4.90 Å². The van der Waals surface area contributed by atoms with Gasteiger partial charge >= 0.3 is 0 Å². The number of halogens is 1. The molecule has 0 aliphatic carbocycles. The molecule has 7 heteroatoms. The Morgan fingerprint density at radius 1 is 1.17 bits per heavy atom. The molecule has 1 atom stereocenters. The lowest BCUT2D eigenvalue weighted by molar-refractivity contribution is 0.464. The van der Waals surface area contributed by atoms with Crippen molar-refractivity contribution in [3.8, 4) is 0 Å². The van der Waals surface area contributed by atoms with Gasteiger partial charge in [0.2, 0.25) is 10.0 Å². The molecule has 0 unspecified atom stereocenters. The summed E-state index contributed by atoms with van der Waals surface area (Å²) in [6.07, 6.45) is 3.37. The molecule has 23 heavy (non-hydrogen) atoms. The number of rotatable bonds is 4. The Hall–Kier alpha value is -1.99. The van der Waals surface area contributed by atoms with Crippen molar-refractivity contribution in [3.05, 3.63) is 54.5 Å². The second kappa shape index (κ2) is 6.64. The molecule has 0 radical (unpaired) electrons. The van der Waals surface area contributed by atoms with Crippen LogP contribution in [0.5, 0.6) is 0 Å². The molecule has 1 aromatic heterocycles. The highest BCUT2D eigenvalue weighted by molar-refractivity contribution is 7.89. The van der Waals surface area contributed by atoms with Gasteiger partial charge in [-0.3, -0.25) is 0 Å². The predicted molar refractivity (Wildman–Crippen MR) is 86.2 cm³/mol. The summed E-state index contributed by atoms with van der Waals surface area (Å²) in [4.78, 5) is 6.46. The fourth-order valence-electron chi connectivity index (χ4n) is 2.72. The summed E-state index contributed by atoms with van der Waals surface area (Å²) in [5.41, 5.74) is 0. The smallest absolute Gasteiger partial charge is 0.240 e. The summed E-state index contributed by atoms with van der Waals surface area (Å²) in [6.45, 7) is 1.42. The molecular weight excluding hydrogens is 317 g/mol. The first-order chi connectivity index (χ1) is 11.0. The summed E-state index contributed by atoms with van der Waals surface area (Å²) in [5.74, 6) is 0.390. The third-order valence-electron chi connectivity index (χ3n) is 3.84. The Labute approximate surface area is 135 Å². The Morgan fingerprint density at radius 2 is 1.96 bits per heavy atom. The standard InChI is InChI=1S/C16H18FN3O2S/c17-13-6-8-15(9-7-13)23(21,22)19-14-4-3-11-20(12-14)16-5-1-2-10-18-16/h1-2,5-10,14,19H,3-4,11-12H2/t14-/m0/s1. The van der Waals surface area contributed by atoms with E-state index in [2.05, 4.69) is 14.6 Å². The molecule has 0 saturated carbocycles. The first kappa shape index (κ1) is 15.9. The molecule has 1 aliphatic rings. The largest absolute Gasteiger partial charge is 0.355 e. The van der Waals surface area contributed by atoms with Gasteiger partial charge < -0.3 is 4.90 Å². The molecule has 1 aromatic carbocycles. The van der Waals surface area contributed by atoms with Crippen LogP contribution in [0.3, 0.4) is 0 Å². The highest BCUT2D eigenvalue weighted by Gasteiger charge is 2.25. The van der Waals surface area contributed by atoms with Crippen molar-refractivity contribution in [1.82, 2.24) is 9.71 Å². The van der Waals surface area contributed by atoms with Crippen LogP contribution in [-0.4, -0.2) is 32.5 Å². The quantitative estimate of drug-likeness (QED) is 0.930. The van der Waals surface area contributed by atoms with Crippen molar-refractivity contribution >= 4 is 15.8 Å². The van der Waals surface area contributed by atoms with Gasteiger partial charge in [-0.15, -0.1) is 0 Å². The van der Waals surface area contributed by atoms with Gasteiger partial charge in [-0.1, -0.05) is 6.07 Å². The minimum atomic E-state index is -3.65. The van der Waals surface area contributed by atoms with E-state index in [1.54, 1.807) is 6.20 Å². The summed E-state index contributed by atoms with van der Waals surface area (Å²) < 4.78 is 40.4. The molecule has 2 aromatic rings.